The van der Waals surface area contributed by atoms with Crippen LogP contribution in [0.4, 0.5) is 13.2 Å². The number of carboxylic acid groups (broad SMARTS) is 1. The summed E-state index contributed by atoms with van der Waals surface area (Å²) in [6.45, 7) is 6.72. The Morgan fingerprint density at radius 3 is 2.30 bits per heavy atom. The van der Waals surface area contributed by atoms with Crippen LogP contribution in [-0.2, 0) is 29.5 Å². The molecule has 0 aliphatic carbocycles. The number of hydrogen-bond donors (Lipinski definition) is 1. The zero-order chi connectivity index (χ0) is 31.8. The fraction of sp³-hybridized carbons (Fsp3) is 0.235. The van der Waals surface area contributed by atoms with E-state index in [0.29, 0.717) is 33.4 Å². The standard InChI is InChI=1S/C34H30F3N3O4/c1-20-21(2)39-30-27(9-6-16-38-30)29(20)31(41)40(19-26-14-15-28(44-26)34(35,36)37)18-22-10-12-23(13-11-22)24-7-5-8-25(17-24)33(3,4)32(42)43/h5-17H,18-19H2,1-4H3,(H,42,43). The molecule has 0 saturated heterocycles. The van der Waals surface area contributed by atoms with E-state index in [0.717, 1.165) is 22.8 Å². The Morgan fingerprint density at radius 1 is 0.909 bits per heavy atom. The van der Waals surface area contributed by atoms with Crippen LogP contribution in [0.5, 0.6) is 0 Å². The first-order valence-electron chi connectivity index (χ1n) is 13.9. The van der Waals surface area contributed by atoms with Crippen molar-refractivity contribution in [1.29, 1.82) is 0 Å². The fourth-order valence-corrected chi connectivity index (χ4v) is 4.98. The number of amides is 1. The maximum atomic E-state index is 14.2. The van der Waals surface area contributed by atoms with Crippen molar-refractivity contribution in [2.45, 2.75) is 52.4 Å². The molecule has 2 aromatic carbocycles. The van der Waals surface area contributed by atoms with Gasteiger partial charge in [-0.25, -0.2) is 9.97 Å². The van der Waals surface area contributed by atoms with Crippen molar-refractivity contribution in [1.82, 2.24) is 14.9 Å². The Hall–Kier alpha value is -4.99. The molecule has 0 spiro atoms. The van der Waals surface area contributed by atoms with Gasteiger partial charge >= 0.3 is 12.1 Å². The minimum Gasteiger partial charge on any atom is -0.481 e. The summed E-state index contributed by atoms with van der Waals surface area (Å²) in [5.41, 5.74) is 4.03. The van der Waals surface area contributed by atoms with Gasteiger partial charge in [-0.1, -0.05) is 48.5 Å². The second-order valence-electron chi connectivity index (χ2n) is 11.2. The molecule has 44 heavy (non-hydrogen) atoms. The zero-order valence-corrected chi connectivity index (χ0v) is 24.6. The van der Waals surface area contributed by atoms with E-state index in [1.54, 1.807) is 58.2 Å². The van der Waals surface area contributed by atoms with Crippen LogP contribution in [0.3, 0.4) is 0 Å². The lowest BCUT2D eigenvalue weighted by atomic mass is 9.83. The number of hydrogen-bond acceptors (Lipinski definition) is 5. The number of carbonyl (C=O) groups excluding carboxylic acids is 1. The van der Waals surface area contributed by atoms with Crippen LogP contribution in [0.15, 0.2) is 83.4 Å². The summed E-state index contributed by atoms with van der Waals surface area (Å²) in [6, 6.07) is 20.2. The van der Waals surface area contributed by atoms with Crippen molar-refractivity contribution in [2.75, 3.05) is 0 Å². The molecule has 0 saturated carbocycles. The molecule has 0 aliphatic rings. The van der Waals surface area contributed by atoms with Crippen LogP contribution in [0.2, 0.25) is 0 Å². The second kappa shape index (κ2) is 11.6. The predicted octanol–water partition coefficient (Wildman–Crippen LogP) is 7.73. The summed E-state index contributed by atoms with van der Waals surface area (Å²) in [6.07, 6.45) is -3.07. The molecule has 10 heteroatoms. The third-order valence-electron chi connectivity index (χ3n) is 7.82. The number of rotatable bonds is 8. The average molecular weight is 602 g/mol. The van der Waals surface area contributed by atoms with Crippen LogP contribution in [0.25, 0.3) is 22.2 Å². The van der Waals surface area contributed by atoms with Gasteiger partial charge in [-0.3, -0.25) is 9.59 Å². The molecule has 1 N–H and O–H groups in total. The molecule has 0 aliphatic heterocycles. The number of carbonyl (C=O) groups is 2. The molecule has 0 radical (unpaired) electrons. The van der Waals surface area contributed by atoms with Crippen LogP contribution in [-0.4, -0.2) is 31.9 Å². The number of aliphatic carboxylic acids is 1. The molecule has 7 nitrogen and oxygen atoms in total. The zero-order valence-electron chi connectivity index (χ0n) is 24.6. The summed E-state index contributed by atoms with van der Waals surface area (Å²) in [7, 11) is 0. The average Bonchev–Trinajstić information content (AvgIpc) is 3.47. The number of furan rings is 1. The smallest absolute Gasteiger partial charge is 0.449 e. The highest BCUT2D eigenvalue weighted by Gasteiger charge is 2.35. The number of alkyl halides is 3. The van der Waals surface area contributed by atoms with Crippen LogP contribution >= 0.6 is 0 Å². The van der Waals surface area contributed by atoms with Crippen molar-refractivity contribution in [2.24, 2.45) is 0 Å². The highest BCUT2D eigenvalue weighted by atomic mass is 19.4. The van der Waals surface area contributed by atoms with E-state index in [1.165, 1.54) is 11.0 Å². The van der Waals surface area contributed by atoms with Crippen LogP contribution < -0.4 is 0 Å². The third kappa shape index (κ3) is 6.06. The first-order valence-corrected chi connectivity index (χ1v) is 13.9. The first-order chi connectivity index (χ1) is 20.8. The van der Waals surface area contributed by atoms with Crippen molar-refractivity contribution in [3.63, 3.8) is 0 Å². The highest BCUT2D eigenvalue weighted by molar-refractivity contribution is 6.06. The van der Waals surface area contributed by atoms with Gasteiger partial charge in [0, 0.05) is 23.8 Å². The predicted molar refractivity (Wildman–Crippen MR) is 159 cm³/mol. The Kier molecular flexibility index (Phi) is 8.03. The number of carboxylic acids is 1. The SMILES string of the molecule is Cc1nc2ncccc2c(C(=O)N(Cc2ccc(-c3cccc(C(C)(C)C(=O)O)c3)cc2)Cc2ccc(C(F)(F)F)o2)c1C. The topological polar surface area (TPSA) is 96.5 Å². The van der Waals surface area contributed by atoms with Gasteiger partial charge in [0.1, 0.15) is 5.76 Å². The molecule has 0 unspecified atom stereocenters. The quantitative estimate of drug-likeness (QED) is 0.196. The molecule has 5 rings (SSSR count). The van der Waals surface area contributed by atoms with Gasteiger partial charge in [-0.05, 0) is 79.8 Å². The van der Waals surface area contributed by atoms with E-state index in [9.17, 15) is 27.9 Å². The number of fused-ring (bicyclic) bond motifs is 1. The first kappa shape index (κ1) is 30.5. The Labute approximate surface area is 252 Å². The molecule has 3 heterocycles. The van der Waals surface area contributed by atoms with E-state index < -0.39 is 29.2 Å². The Bertz CT molecular complexity index is 1860. The minimum absolute atomic E-state index is 0.00832. The van der Waals surface area contributed by atoms with Crippen LogP contribution in [0.1, 0.15) is 58.1 Å². The van der Waals surface area contributed by atoms with Gasteiger partial charge in [0.2, 0.25) is 5.76 Å². The van der Waals surface area contributed by atoms with Crippen molar-refractivity contribution >= 4 is 22.9 Å². The third-order valence-corrected chi connectivity index (χ3v) is 7.82. The maximum Gasteiger partial charge on any atom is 0.449 e. The highest BCUT2D eigenvalue weighted by Crippen LogP contribution is 2.32. The van der Waals surface area contributed by atoms with Crippen LogP contribution in [0, 0.1) is 13.8 Å². The molecule has 5 aromatic rings. The Balaban J connectivity index is 1.50. The number of nitrogens with zero attached hydrogens (tertiary/aromatic N) is 3. The van der Waals surface area contributed by atoms with E-state index in [4.69, 9.17) is 4.42 Å². The number of aryl methyl sites for hydroxylation is 1. The van der Waals surface area contributed by atoms with E-state index in [1.807, 2.05) is 36.4 Å². The largest absolute Gasteiger partial charge is 0.481 e. The van der Waals surface area contributed by atoms with Gasteiger partial charge < -0.3 is 14.4 Å². The summed E-state index contributed by atoms with van der Waals surface area (Å²) in [4.78, 5) is 36.2. The molecular formula is C34H30F3N3O4. The van der Waals surface area contributed by atoms with Gasteiger partial charge in [-0.15, -0.1) is 0 Å². The minimum atomic E-state index is -4.65. The lowest BCUT2D eigenvalue weighted by molar-refractivity contribution is -0.153. The number of pyridine rings is 2. The number of halogens is 3. The summed E-state index contributed by atoms with van der Waals surface area (Å²) in [5.74, 6) is -2.48. The lowest BCUT2D eigenvalue weighted by Crippen LogP contribution is -2.31. The van der Waals surface area contributed by atoms with Crippen molar-refractivity contribution in [3.8, 4) is 11.1 Å². The molecular weight excluding hydrogens is 571 g/mol. The summed E-state index contributed by atoms with van der Waals surface area (Å²) >= 11 is 0. The van der Waals surface area contributed by atoms with Gasteiger partial charge in [0.25, 0.3) is 5.91 Å². The molecule has 0 atom stereocenters. The number of benzene rings is 2. The van der Waals surface area contributed by atoms with Crippen molar-refractivity contribution in [3.05, 3.63) is 118 Å². The molecule has 3 aromatic heterocycles. The molecule has 226 valence electrons. The lowest BCUT2D eigenvalue weighted by Gasteiger charge is -2.24. The van der Waals surface area contributed by atoms with Gasteiger partial charge in [-0.2, -0.15) is 13.2 Å². The van der Waals surface area contributed by atoms with E-state index in [-0.39, 0.29) is 18.8 Å². The van der Waals surface area contributed by atoms with E-state index >= 15 is 0 Å². The second-order valence-corrected chi connectivity index (χ2v) is 11.2. The van der Waals surface area contributed by atoms with Gasteiger partial charge in [0.05, 0.1) is 17.5 Å². The fourth-order valence-electron chi connectivity index (χ4n) is 4.98. The summed E-state index contributed by atoms with van der Waals surface area (Å²) < 4.78 is 44.9. The molecule has 0 fully saturated rings. The number of aromatic nitrogens is 2. The normalized spacial score (nSPS) is 12.0. The maximum absolute atomic E-state index is 14.2. The molecule has 1 amide bonds. The summed E-state index contributed by atoms with van der Waals surface area (Å²) in [5, 5.41) is 10.2. The monoisotopic (exact) mass is 601 g/mol. The van der Waals surface area contributed by atoms with Crippen molar-refractivity contribution < 1.29 is 32.3 Å². The Morgan fingerprint density at radius 2 is 1.64 bits per heavy atom. The van der Waals surface area contributed by atoms with E-state index in [2.05, 4.69) is 9.97 Å². The van der Waals surface area contributed by atoms with Gasteiger partial charge in [0.15, 0.2) is 5.65 Å². The molecule has 0 bridgehead atoms.